The number of aromatic amines is 1. The lowest BCUT2D eigenvalue weighted by Crippen LogP contribution is -2.35. The number of aryl methyl sites for hydroxylation is 1. The molecule has 7 nitrogen and oxygen atoms in total. The fourth-order valence-corrected chi connectivity index (χ4v) is 4.66. The van der Waals surface area contributed by atoms with Crippen LogP contribution in [0.1, 0.15) is 29.8 Å². The van der Waals surface area contributed by atoms with Crippen LogP contribution < -0.4 is 4.74 Å². The van der Waals surface area contributed by atoms with Crippen molar-refractivity contribution in [2.24, 2.45) is 0 Å². The van der Waals surface area contributed by atoms with Gasteiger partial charge in [0.25, 0.3) is 11.7 Å². The molecule has 1 aromatic heterocycles. The molecule has 0 bridgehead atoms. The van der Waals surface area contributed by atoms with E-state index in [4.69, 9.17) is 16.3 Å². The largest absolute Gasteiger partial charge is 0.507 e. The second-order valence-corrected chi connectivity index (χ2v) is 8.99. The molecule has 34 heavy (non-hydrogen) atoms. The molecule has 2 aromatic carbocycles. The number of aliphatic hydroxyl groups is 1. The minimum Gasteiger partial charge on any atom is -0.507 e. The molecule has 0 spiro atoms. The first-order chi connectivity index (χ1) is 16.2. The van der Waals surface area contributed by atoms with Crippen LogP contribution in [0.25, 0.3) is 16.7 Å². The van der Waals surface area contributed by atoms with Crippen LogP contribution in [0.4, 0.5) is 0 Å². The van der Waals surface area contributed by atoms with E-state index in [1.165, 1.54) is 4.90 Å². The highest BCUT2D eigenvalue weighted by Gasteiger charge is 2.47. The standard InChI is InChI=1S/C26H28ClN3O4/c1-5-34-16-10-11-19(27)18(14-16)24(31)22-23(30(13-12-29(3)4)26(33)25(22)32)21-15(2)28-20-9-7-6-8-17(20)21/h6-11,14,23,28,31H,5,12-13H2,1-4H3/b24-22+. The van der Waals surface area contributed by atoms with E-state index in [1.54, 1.807) is 18.2 Å². The third-order valence-electron chi connectivity index (χ3n) is 6.05. The number of likely N-dealkylation sites (N-methyl/N-ethyl adjacent to an activating group) is 1. The molecule has 8 heteroatoms. The molecule has 2 heterocycles. The quantitative estimate of drug-likeness (QED) is 0.294. The summed E-state index contributed by atoms with van der Waals surface area (Å²) in [4.78, 5) is 33.4. The molecule has 0 radical (unpaired) electrons. The Morgan fingerprint density at radius 3 is 2.65 bits per heavy atom. The summed E-state index contributed by atoms with van der Waals surface area (Å²) in [5.74, 6) is -1.18. The molecule has 178 valence electrons. The first kappa shape index (κ1) is 23.9. The maximum absolute atomic E-state index is 13.3. The molecular formula is C26H28ClN3O4. The molecular weight excluding hydrogens is 454 g/mol. The minimum atomic E-state index is -0.761. The molecule has 1 unspecified atom stereocenters. The van der Waals surface area contributed by atoms with Crippen LogP contribution in [0.5, 0.6) is 5.75 Å². The van der Waals surface area contributed by atoms with E-state index >= 15 is 0 Å². The summed E-state index contributed by atoms with van der Waals surface area (Å²) in [7, 11) is 3.81. The summed E-state index contributed by atoms with van der Waals surface area (Å²) in [6, 6.07) is 11.9. The van der Waals surface area contributed by atoms with Gasteiger partial charge in [0.05, 0.1) is 23.2 Å². The van der Waals surface area contributed by atoms with E-state index < -0.39 is 17.7 Å². The fourth-order valence-electron chi connectivity index (χ4n) is 4.46. The molecule has 0 saturated carbocycles. The Balaban J connectivity index is 1.96. The van der Waals surface area contributed by atoms with Gasteiger partial charge in [0.15, 0.2) is 0 Å². The summed E-state index contributed by atoms with van der Waals surface area (Å²) >= 11 is 6.42. The van der Waals surface area contributed by atoms with E-state index in [0.717, 1.165) is 22.2 Å². The number of likely N-dealkylation sites (tertiary alicyclic amines) is 1. The highest BCUT2D eigenvalue weighted by molar-refractivity contribution is 6.47. The number of fused-ring (bicyclic) bond motifs is 1. The molecule has 1 amide bonds. The average Bonchev–Trinajstić information content (AvgIpc) is 3.25. The van der Waals surface area contributed by atoms with Crippen molar-refractivity contribution in [1.29, 1.82) is 0 Å². The summed E-state index contributed by atoms with van der Waals surface area (Å²) in [6.45, 7) is 5.08. The van der Waals surface area contributed by atoms with Gasteiger partial charge in [0.1, 0.15) is 11.5 Å². The Bertz CT molecular complexity index is 1290. The molecule has 0 aliphatic carbocycles. The molecule has 1 saturated heterocycles. The van der Waals surface area contributed by atoms with Crippen molar-refractivity contribution < 1.29 is 19.4 Å². The van der Waals surface area contributed by atoms with Gasteiger partial charge in [-0.2, -0.15) is 0 Å². The second-order valence-electron chi connectivity index (χ2n) is 8.58. The number of hydrogen-bond donors (Lipinski definition) is 2. The van der Waals surface area contributed by atoms with Crippen LogP contribution in [0.2, 0.25) is 5.02 Å². The molecule has 2 N–H and O–H groups in total. The van der Waals surface area contributed by atoms with E-state index in [-0.39, 0.29) is 21.9 Å². The number of carbonyl (C=O) groups is 2. The number of carbonyl (C=O) groups excluding carboxylic acids is 2. The Kier molecular flexibility index (Phi) is 6.68. The Morgan fingerprint density at radius 1 is 1.21 bits per heavy atom. The number of hydrogen-bond acceptors (Lipinski definition) is 5. The Labute approximate surface area is 203 Å². The maximum Gasteiger partial charge on any atom is 0.295 e. The second kappa shape index (κ2) is 9.52. The van der Waals surface area contributed by atoms with Crippen LogP contribution in [0.15, 0.2) is 48.0 Å². The van der Waals surface area contributed by atoms with Gasteiger partial charge in [-0.05, 0) is 52.2 Å². The number of ether oxygens (including phenoxy) is 1. The fraction of sp³-hybridized carbons (Fsp3) is 0.308. The number of nitrogens with zero attached hydrogens (tertiary/aromatic N) is 2. The number of para-hydroxylation sites is 1. The van der Waals surface area contributed by atoms with Gasteiger partial charge >= 0.3 is 0 Å². The number of rotatable bonds is 7. The van der Waals surface area contributed by atoms with Crippen molar-refractivity contribution in [3.8, 4) is 5.75 Å². The molecule has 1 atom stereocenters. The summed E-state index contributed by atoms with van der Waals surface area (Å²) in [5.41, 5.74) is 2.77. The highest BCUT2D eigenvalue weighted by Crippen LogP contribution is 2.44. The number of nitrogens with one attached hydrogen (secondary N) is 1. The smallest absolute Gasteiger partial charge is 0.295 e. The molecule has 1 fully saturated rings. The number of H-pyrrole nitrogens is 1. The Hall–Kier alpha value is -3.29. The molecule has 3 aromatic rings. The highest BCUT2D eigenvalue weighted by atomic mass is 35.5. The predicted octanol–water partition coefficient (Wildman–Crippen LogP) is 4.51. The number of aromatic nitrogens is 1. The zero-order valence-corrected chi connectivity index (χ0v) is 20.4. The van der Waals surface area contributed by atoms with Crippen LogP contribution in [-0.4, -0.2) is 65.4 Å². The van der Waals surface area contributed by atoms with Gasteiger partial charge in [-0.1, -0.05) is 29.8 Å². The zero-order valence-electron chi connectivity index (χ0n) is 19.7. The molecule has 1 aliphatic rings. The van der Waals surface area contributed by atoms with Crippen LogP contribution >= 0.6 is 11.6 Å². The third kappa shape index (κ3) is 4.17. The van der Waals surface area contributed by atoms with Crippen LogP contribution in [0.3, 0.4) is 0 Å². The summed E-state index contributed by atoms with van der Waals surface area (Å²) in [5, 5.41) is 12.6. The number of aliphatic hydroxyl groups excluding tert-OH is 1. The summed E-state index contributed by atoms with van der Waals surface area (Å²) in [6.07, 6.45) is 0. The maximum atomic E-state index is 13.3. The zero-order chi connectivity index (χ0) is 24.6. The third-order valence-corrected chi connectivity index (χ3v) is 6.38. The van der Waals surface area contributed by atoms with Crippen molar-refractivity contribution in [2.75, 3.05) is 33.8 Å². The molecule has 1 aliphatic heterocycles. The van der Waals surface area contributed by atoms with Gasteiger partial charge in [-0.15, -0.1) is 0 Å². The number of benzene rings is 2. The normalized spacial score (nSPS) is 17.8. The Morgan fingerprint density at radius 2 is 1.94 bits per heavy atom. The van der Waals surface area contributed by atoms with Crippen molar-refractivity contribution in [3.05, 3.63) is 69.9 Å². The number of halogens is 1. The number of amides is 1. The minimum absolute atomic E-state index is 0.0205. The van der Waals surface area contributed by atoms with E-state index in [1.807, 2.05) is 57.1 Å². The van der Waals surface area contributed by atoms with Gasteiger partial charge in [-0.25, -0.2) is 0 Å². The van der Waals surface area contributed by atoms with Crippen molar-refractivity contribution in [1.82, 2.24) is 14.8 Å². The SMILES string of the molecule is CCOc1ccc(Cl)c(/C(O)=C2\C(=O)C(=O)N(CCN(C)C)C2c2c(C)[nH]c3ccccc23)c1. The van der Waals surface area contributed by atoms with Crippen molar-refractivity contribution in [2.45, 2.75) is 19.9 Å². The van der Waals surface area contributed by atoms with Gasteiger partial charge < -0.3 is 24.6 Å². The lowest BCUT2D eigenvalue weighted by molar-refractivity contribution is -0.140. The summed E-state index contributed by atoms with van der Waals surface area (Å²) < 4.78 is 5.56. The molecule has 4 rings (SSSR count). The average molecular weight is 482 g/mol. The number of Topliss-reactive ketones (excluding diaryl/α,β-unsaturated/α-hetero) is 1. The van der Waals surface area contributed by atoms with Gasteiger partial charge in [0, 0.05) is 40.8 Å². The predicted molar refractivity (Wildman–Crippen MR) is 133 cm³/mol. The van der Waals surface area contributed by atoms with Crippen LogP contribution in [-0.2, 0) is 9.59 Å². The first-order valence-electron chi connectivity index (χ1n) is 11.2. The van der Waals surface area contributed by atoms with Crippen LogP contribution in [0, 0.1) is 6.92 Å². The van der Waals surface area contributed by atoms with Crippen molar-refractivity contribution in [3.63, 3.8) is 0 Å². The number of ketones is 1. The van der Waals surface area contributed by atoms with Crippen molar-refractivity contribution >= 4 is 40.0 Å². The van der Waals surface area contributed by atoms with Gasteiger partial charge in [-0.3, -0.25) is 9.59 Å². The first-order valence-corrected chi connectivity index (χ1v) is 11.6. The lowest BCUT2D eigenvalue weighted by Gasteiger charge is -2.27. The van der Waals surface area contributed by atoms with E-state index in [0.29, 0.717) is 25.4 Å². The monoisotopic (exact) mass is 481 g/mol. The lowest BCUT2D eigenvalue weighted by atomic mass is 9.93. The topological polar surface area (TPSA) is 85.9 Å². The van der Waals surface area contributed by atoms with Gasteiger partial charge in [0.2, 0.25) is 0 Å². The van der Waals surface area contributed by atoms with E-state index in [9.17, 15) is 14.7 Å². The van der Waals surface area contributed by atoms with E-state index in [2.05, 4.69) is 4.98 Å².